The van der Waals surface area contributed by atoms with Crippen LogP contribution >= 0.6 is 11.8 Å². The first kappa shape index (κ1) is 32.0. The van der Waals surface area contributed by atoms with E-state index < -0.39 is 0 Å². The van der Waals surface area contributed by atoms with E-state index in [1.807, 2.05) is 0 Å². The molecule has 254 valence electrons. The van der Waals surface area contributed by atoms with Gasteiger partial charge in [0.05, 0.1) is 11.5 Å². The zero-order valence-corrected chi connectivity index (χ0v) is 30.7. The second-order valence-electron chi connectivity index (χ2n) is 19.7. The molecular weight excluding hydrogens is 573 g/mol. The van der Waals surface area contributed by atoms with Crippen molar-refractivity contribution in [1.29, 1.82) is 0 Å². The number of rotatable bonds is 4. The summed E-state index contributed by atoms with van der Waals surface area (Å²) in [5, 5.41) is 11.1. The lowest BCUT2D eigenvalue weighted by Crippen LogP contribution is -2.67. The lowest BCUT2D eigenvalue weighted by molar-refractivity contribution is -0.249. The van der Waals surface area contributed by atoms with Crippen molar-refractivity contribution in [3.8, 4) is 0 Å². The topological polar surface area (TPSA) is 43.8 Å². The van der Waals surface area contributed by atoms with Gasteiger partial charge >= 0.3 is 0 Å². The van der Waals surface area contributed by atoms with Gasteiger partial charge < -0.3 is 10.0 Å². The molecule has 8 aliphatic rings. The van der Waals surface area contributed by atoms with Gasteiger partial charge in [-0.15, -0.1) is 0 Å². The summed E-state index contributed by atoms with van der Waals surface area (Å²) in [5.41, 5.74) is 1.34. The third-order valence-corrected chi connectivity index (χ3v) is 18.9. The van der Waals surface area contributed by atoms with Crippen LogP contribution in [0.4, 0.5) is 0 Å². The standard InChI is InChI=1S/C40H66N2O2S/c1-35(2)30-12-15-39(6)31(37(30,4)14-13-32(35)43)10-9-29-33-28(36(3)17-18-36)11-16-40(33,20-19-38(29,39)5)34(44)42-21-7-8-27(42)26-41-22-24-45-25-23-41/h27-33,43H,7-26H2,1-6H3/t27-,28+,29+,30-,31+,32-,33+,37-,38+,39+,40-/m0/s1. The molecule has 6 saturated carbocycles. The highest BCUT2D eigenvalue weighted by atomic mass is 32.2. The summed E-state index contributed by atoms with van der Waals surface area (Å²) in [6, 6.07) is 0.438. The van der Waals surface area contributed by atoms with Gasteiger partial charge in [-0.3, -0.25) is 9.69 Å². The molecule has 5 heteroatoms. The molecule has 0 aromatic rings. The van der Waals surface area contributed by atoms with Crippen molar-refractivity contribution in [3.63, 3.8) is 0 Å². The van der Waals surface area contributed by atoms with Crippen molar-refractivity contribution < 1.29 is 9.90 Å². The number of hydrogen-bond acceptors (Lipinski definition) is 4. The quantitative estimate of drug-likeness (QED) is 0.337. The van der Waals surface area contributed by atoms with E-state index in [-0.39, 0.29) is 16.9 Å². The van der Waals surface area contributed by atoms with Gasteiger partial charge in [0, 0.05) is 43.7 Å². The zero-order valence-electron chi connectivity index (χ0n) is 29.8. The Morgan fingerprint density at radius 3 is 2.22 bits per heavy atom. The first-order chi connectivity index (χ1) is 21.3. The number of aliphatic hydroxyl groups excluding tert-OH is 1. The van der Waals surface area contributed by atoms with Crippen LogP contribution in [-0.4, -0.2) is 70.6 Å². The van der Waals surface area contributed by atoms with Gasteiger partial charge in [0.1, 0.15) is 0 Å². The first-order valence-corrected chi connectivity index (χ1v) is 20.7. The predicted molar refractivity (Wildman–Crippen MR) is 186 cm³/mol. The predicted octanol–water partition coefficient (Wildman–Crippen LogP) is 8.27. The Balaban J connectivity index is 1.12. The van der Waals surface area contributed by atoms with E-state index in [0.29, 0.717) is 51.4 Å². The molecular formula is C40H66N2O2S. The van der Waals surface area contributed by atoms with Crippen molar-refractivity contribution in [2.45, 2.75) is 144 Å². The second-order valence-corrected chi connectivity index (χ2v) is 21.0. The third-order valence-electron chi connectivity index (χ3n) is 18.0. The van der Waals surface area contributed by atoms with E-state index in [1.54, 1.807) is 0 Å². The maximum Gasteiger partial charge on any atom is 0.229 e. The van der Waals surface area contributed by atoms with Gasteiger partial charge in [-0.05, 0) is 147 Å². The third kappa shape index (κ3) is 4.39. The molecule has 0 aromatic heterocycles. The number of carbonyl (C=O) groups is 1. The summed E-state index contributed by atoms with van der Waals surface area (Å²) in [6.07, 6.45) is 17.3. The van der Waals surface area contributed by atoms with Crippen LogP contribution in [0.2, 0.25) is 0 Å². The summed E-state index contributed by atoms with van der Waals surface area (Å²) in [6.45, 7) is 20.0. The molecule has 4 nitrogen and oxygen atoms in total. The number of amides is 1. The van der Waals surface area contributed by atoms with Crippen LogP contribution in [0.15, 0.2) is 0 Å². The minimum absolute atomic E-state index is 0.0106. The fourth-order valence-corrected chi connectivity index (χ4v) is 15.9. The zero-order chi connectivity index (χ0) is 31.6. The summed E-state index contributed by atoms with van der Waals surface area (Å²) in [7, 11) is 0. The molecule has 2 aliphatic heterocycles. The SMILES string of the molecule is CC1([C@@H]2CC[C@]3(C(=O)N4CCC[C@H]4CN4CCSCC4)CC[C@]4(C)[C@H](CC[C@@H]5[C@@]6(C)CC[C@H](O)C(C)(C)[C@@H]6CC[C@]54C)[C@@H]23)CC1. The average molecular weight is 639 g/mol. The Hall–Kier alpha value is -0.260. The largest absolute Gasteiger partial charge is 0.393 e. The van der Waals surface area contributed by atoms with E-state index in [0.717, 1.165) is 37.8 Å². The number of fused-ring (bicyclic) bond motifs is 7. The number of thioether (sulfide) groups is 1. The first-order valence-electron chi connectivity index (χ1n) is 19.6. The Bertz CT molecular complexity index is 1180. The Kier molecular flexibility index (Phi) is 7.55. The highest BCUT2D eigenvalue weighted by Crippen LogP contribution is 2.79. The van der Waals surface area contributed by atoms with Crippen molar-refractivity contribution in [2.24, 2.45) is 62.1 Å². The van der Waals surface area contributed by atoms with Crippen molar-refractivity contribution in [1.82, 2.24) is 9.80 Å². The Morgan fingerprint density at radius 2 is 1.49 bits per heavy atom. The lowest BCUT2D eigenvalue weighted by atomic mass is 9.32. The van der Waals surface area contributed by atoms with Crippen LogP contribution in [-0.2, 0) is 4.79 Å². The van der Waals surface area contributed by atoms with Crippen LogP contribution < -0.4 is 0 Å². The molecule has 1 amide bonds. The van der Waals surface area contributed by atoms with Gasteiger partial charge in [-0.1, -0.05) is 41.5 Å². The van der Waals surface area contributed by atoms with Crippen LogP contribution in [0.1, 0.15) is 131 Å². The normalized spacial score (nSPS) is 52.0. The van der Waals surface area contributed by atoms with Crippen LogP contribution in [0.3, 0.4) is 0 Å². The van der Waals surface area contributed by atoms with Crippen LogP contribution in [0.25, 0.3) is 0 Å². The van der Waals surface area contributed by atoms with E-state index in [4.69, 9.17) is 0 Å². The molecule has 0 aromatic carbocycles. The van der Waals surface area contributed by atoms with Crippen LogP contribution in [0, 0.1) is 62.1 Å². The summed E-state index contributed by atoms with van der Waals surface area (Å²) < 4.78 is 0. The van der Waals surface area contributed by atoms with Gasteiger partial charge in [-0.2, -0.15) is 11.8 Å². The molecule has 2 heterocycles. The lowest BCUT2D eigenvalue weighted by Gasteiger charge is -2.73. The molecule has 0 spiro atoms. The van der Waals surface area contributed by atoms with Crippen LogP contribution in [0.5, 0.6) is 0 Å². The molecule has 45 heavy (non-hydrogen) atoms. The Morgan fingerprint density at radius 1 is 0.733 bits per heavy atom. The average Bonchev–Trinajstić information content (AvgIpc) is 3.40. The number of likely N-dealkylation sites (tertiary alicyclic amines) is 1. The molecule has 0 bridgehead atoms. The van der Waals surface area contributed by atoms with E-state index in [1.165, 1.54) is 102 Å². The number of nitrogens with zero attached hydrogens (tertiary/aromatic N) is 2. The Labute approximate surface area is 280 Å². The summed E-state index contributed by atoms with van der Waals surface area (Å²) in [4.78, 5) is 20.5. The molecule has 0 unspecified atom stereocenters. The monoisotopic (exact) mass is 638 g/mol. The van der Waals surface area contributed by atoms with E-state index >= 15 is 4.79 Å². The van der Waals surface area contributed by atoms with Crippen molar-refractivity contribution in [2.75, 3.05) is 37.7 Å². The fourth-order valence-electron chi connectivity index (χ4n) is 15.0. The maximum absolute atomic E-state index is 15.3. The smallest absolute Gasteiger partial charge is 0.229 e. The molecule has 11 atom stereocenters. The minimum atomic E-state index is -0.157. The molecule has 2 saturated heterocycles. The fraction of sp³-hybridized carbons (Fsp3) is 0.975. The molecule has 8 fully saturated rings. The maximum atomic E-state index is 15.3. The highest BCUT2D eigenvalue weighted by molar-refractivity contribution is 7.99. The molecule has 0 radical (unpaired) electrons. The van der Waals surface area contributed by atoms with Gasteiger partial charge in [0.15, 0.2) is 0 Å². The highest BCUT2D eigenvalue weighted by Gasteiger charge is 2.73. The second kappa shape index (κ2) is 10.6. The van der Waals surface area contributed by atoms with Crippen molar-refractivity contribution >= 4 is 17.7 Å². The number of hydrogen-bond donors (Lipinski definition) is 1. The molecule has 8 rings (SSSR count). The summed E-state index contributed by atoms with van der Waals surface area (Å²) >= 11 is 2.10. The van der Waals surface area contributed by atoms with E-state index in [9.17, 15) is 5.11 Å². The summed E-state index contributed by atoms with van der Waals surface area (Å²) in [5.74, 6) is 6.48. The van der Waals surface area contributed by atoms with Gasteiger partial charge in [0.25, 0.3) is 0 Å². The number of carbonyl (C=O) groups excluding carboxylic acids is 1. The number of aliphatic hydroxyl groups is 1. The molecule has 1 N–H and O–H groups in total. The van der Waals surface area contributed by atoms with Gasteiger partial charge in [-0.25, -0.2) is 0 Å². The van der Waals surface area contributed by atoms with Crippen molar-refractivity contribution in [3.05, 3.63) is 0 Å². The van der Waals surface area contributed by atoms with Gasteiger partial charge in [0.2, 0.25) is 5.91 Å². The molecule has 6 aliphatic carbocycles. The minimum Gasteiger partial charge on any atom is -0.393 e. The van der Waals surface area contributed by atoms with E-state index in [2.05, 4.69) is 63.1 Å².